The summed E-state index contributed by atoms with van der Waals surface area (Å²) in [5.41, 5.74) is -0.0928. The lowest BCUT2D eigenvalue weighted by molar-refractivity contribution is -0.127. The van der Waals surface area contributed by atoms with Crippen molar-refractivity contribution in [2.75, 3.05) is 20.1 Å². The number of ether oxygens (including phenoxy) is 1. The number of amides is 3. The summed E-state index contributed by atoms with van der Waals surface area (Å²) >= 11 is 6.01. The molecule has 0 aromatic heterocycles. The van der Waals surface area contributed by atoms with E-state index >= 15 is 0 Å². The second-order valence-corrected chi connectivity index (χ2v) is 7.66. The summed E-state index contributed by atoms with van der Waals surface area (Å²) in [7, 11) is -2.57. The van der Waals surface area contributed by atoms with Crippen molar-refractivity contribution in [2.24, 2.45) is 0 Å². The van der Waals surface area contributed by atoms with Crippen LogP contribution in [0.1, 0.15) is 31.1 Å². The molecule has 3 amide bonds. The number of urea groups is 1. The number of esters is 1. The van der Waals surface area contributed by atoms with Gasteiger partial charge in [0.25, 0.3) is 5.91 Å². The molecule has 1 aromatic rings. The molecule has 0 radical (unpaired) electrons. The molecule has 0 aliphatic heterocycles. The molecule has 0 heterocycles. The quantitative estimate of drug-likeness (QED) is 0.643. The molecule has 0 saturated heterocycles. The Morgan fingerprint density at radius 2 is 1.81 bits per heavy atom. The molecule has 0 spiro atoms. The van der Waals surface area contributed by atoms with Gasteiger partial charge in [0.2, 0.25) is 10.0 Å². The topological polar surface area (TPSA) is 122 Å². The van der Waals surface area contributed by atoms with E-state index < -0.39 is 34.0 Å². The minimum Gasteiger partial charge on any atom is -0.449 e. The smallest absolute Gasteiger partial charge is 0.338 e. The van der Waals surface area contributed by atoms with Crippen molar-refractivity contribution in [3.05, 3.63) is 28.8 Å². The molecular weight excluding hydrogens is 398 g/mol. The number of benzene rings is 1. The predicted molar refractivity (Wildman–Crippen MR) is 99.0 cm³/mol. The molecule has 1 rings (SSSR count). The molecule has 0 unspecified atom stereocenters. The third-order valence-corrected chi connectivity index (χ3v) is 6.14. The van der Waals surface area contributed by atoms with Crippen LogP contribution in [0.25, 0.3) is 0 Å². The Kier molecular flexibility index (Phi) is 8.20. The minimum atomic E-state index is -3.89. The normalized spacial score (nSPS) is 12.4. The van der Waals surface area contributed by atoms with E-state index in [9.17, 15) is 22.8 Å². The highest BCUT2D eigenvalue weighted by molar-refractivity contribution is 7.89. The van der Waals surface area contributed by atoms with Crippen LogP contribution in [-0.4, -0.2) is 56.9 Å². The molecule has 1 aromatic carbocycles. The lowest BCUT2D eigenvalue weighted by Crippen LogP contribution is -2.43. The molecule has 9 nitrogen and oxygen atoms in total. The number of hydrogen-bond acceptors (Lipinski definition) is 6. The molecule has 27 heavy (non-hydrogen) atoms. The highest BCUT2D eigenvalue weighted by Crippen LogP contribution is 2.26. The Labute approximate surface area is 163 Å². The van der Waals surface area contributed by atoms with Crippen molar-refractivity contribution < 1.29 is 27.5 Å². The minimum absolute atomic E-state index is 0.0381. The predicted octanol–water partition coefficient (Wildman–Crippen LogP) is 1.37. The monoisotopic (exact) mass is 419 g/mol. The number of carbonyl (C=O) groups excluding carboxylic acids is 3. The molecule has 0 aliphatic rings. The van der Waals surface area contributed by atoms with E-state index in [1.807, 2.05) is 5.32 Å². The van der Waals surface area contributed by atoms with E-state index in [4.69, 9.17) is 16.3 Å². The third-order valence-electron chi connectivity index (χ3n) is 3.61. The Morgan fingerprint density at radius 3 is 2.33 bits per heavy atom. The zero-order valence-corrected chi connectivity index (χ0v) is 17.0. The maximum absolute atomic E-state index is 12.7. The Hall–Kier alpha value is -2.17. The number of sulfonamides is 1. The van der Waals surface area contributed by atoms with Gasteiger partial charge in [0.15, 0.2) is 6.10 Å². The average molecular weight is 420 g/mol. The van der Waals surface area contributed by atoms with Gasteiger partial charge in [-0.15, -0.1) is 0 Å². The first-order chi connectivity index (χ1) is 12.6. The van der Waals surface area contributed by atoms with E-state index in [0.717, 1.165) is 6.07 Å². The Balaban J connectivity index is 3.07. The number of rotatable bonds is 7. The van der Waals surface area contributed by atoms with Crippen LogP contribution in [0.15, 0.2) is 23.1 Å². The van der Waals surface area contributed by atoms with Gasteiger partial charge in [-0.2, -0.15) is 4.31 Å². The third kappa shape index (κ3) is 5.65. The summed E-state index contributed by atoms with van der Waals surface area (Å²) in [6.07, 6.45) is -1.27. The highest BCUT2D eigenvalue weighted by Gasteiger charge is 2.27. The van der Waals surface area contributed by atoms with Crippen LogP contribution in [0.5, 0.6) is 0 Å². The van der Waals surface area contributed by atoms with Gasteiger partial charge in [-0.3, -0.25) is 10.1 Å². The fraction of sp³-hybridized carbons (Fsp3) is 0.438. The van der Waals surface area contributed by atoms with Gasteiger partial charge in [0, 0.05) is 20.1 Å². The van der Waals surface area contributed by atoms with Gasteiger partial charge in [-0.25, -0.2) is 18.0 Å². The van der Waals surface area contributed by atoms with E-state index in [1.165, 1.54) is 30.4 Å². The SMILES string of the molecule is CCN(CC)S(=O)(=O)c1cc(C(=O)O[C@@H](C)C(=O)NC(=O)NC)ccc1Cl. The lowest BCUT2D eigenvalue weighted by Gasteiger charge is -2.19. The molecule has 0 fully saturated rings. The fourth-order valence-electron chi connectivity index (χ4n) is 2.09. The summed E-state index contributed by atoms with van der Waals surface area (Å²) in [6.45, 7) is 5.11. The first kappa shape index (κ1) is 22.9. The van der Waals surface area contributed by atoms with Crippen molar-refractivity contribution in [2.45, 2.75) is 31.8 Å². The molecule has 0 saturated carbocycles. The van der Waals surface area contributed by atoms with Gasteiger partial charge < -0.3 is 10.1 Å². The standard InChI is InChI=1S/C16H22ClN3O6S/c1-5-20(6-2)27(24,25)13-9-11(7-8-12(13)17)15(22)26-10(3)14(21)19-16(23)18-4/h7-10H,5-6H2,1-4H3,(H2,18,19,21,23)/t10-/m0/s1. The largest absolute Gasteiger partial charge is 0.449 e. The Bertz CT molecular complexity index is 823. The molecule has 0 aliphatic carbocycles. The van der Waals surface area contributed by atoms with Crippen molar-refractivity contribution in [3.63, 3.8) is 0 Å². The Morgan fingerprint density at radius 1 is 1.22 bits per heavy atom. The number of halogens is 1. The number of nitrogens with zero attached hydrogens (tertiary/aromatic N) is 1. The number of carbonyl (C=O) groups is 3. The first-order valence-electron chi connectivity index (χ1n) is 8.11. The van der Waals surface area contributed by atoms with Gasteiger partial charge >= 0.3 is 12.0 Å². The molecule has 1 atom stereocenters. The number of nitrogens with one attached hydrogen (secondary N) is 2. The summed E-state index contributed by atoms with van der Waals surface area (Å²) in [5, 5.41) is 4.12. The molecule has 0 bridgehead atoms. The average Bonchev–Trinajstić information content (AvgIpc) is 2.62. The fourth-order valence-corrected chi connectivity index (χ4v) is 4.05. The van der Waals surface area contributed by atoms with E-state index in [1.54, 1.807) is 13.8 Å². The lowest BCUT2D eigenvalue weighted by atomic mass is 10.2. The zero-order valence-electron chi connectivity index (χ0n) is 15.4. The summed E-state index contributed by atoms with van der Waals surface area (Å²) in [4.78, 5) is 34.9. The van der Waals surface area contributed by atoms with Crippen LogP contribution in [0, 0.1) is 0 Å². The van der Waals surface area contributed by atoms with Gasteiger partial charge in [-0.05, 0) is 25.1 Å². The summed E-state index contributed by atoms with van der Waals surface area (Å²) in [6, 6.07) is 2.91. The second kappa shape index (κ2) is 9.67. The first-order valence-corrected chi connectivity index (χ1v) is 9.93. The van der Waals surface area contributed by atoms with Crippen molar-refractivity contribution >= 4 is 39.5 Å². The molecule has 2 N–H and O–H groups in total. The molecular formula is C16H22ClN3O6S. The van der Waals surface area contributed by atoms with Crippen LogP contribution in [0.2, 0.25) is 5.02 Å². The number of hydrogen-bond donors (Lipinski definition) is 2. The maximum Gasteiger partial charge on any atom is 0.338 e. The number of imide groups is 1. The second-order valence-electron chi connectivity index (χ2n) is 5.35. The van der Waals surface area contributed by atoms with Crippen LogP contribution in [0.3, 0.4) is 0 Å². The molecule has 150 valence electrons. The zero-order chi connectivity index (χ0) is 20.8. The van der Waals surface area contributed by atoms with Crippen LogP contribution in [-0.2, 0) is 19.6 Å². The van der Waals surface area contributed by atoms with E-state index in [-0.39, 0.29) is 28.6 Å². The van der Waals surface area contributed by atoms with Crippen molar-refractivity contribution in [1.29, 1.82) is 0 Å². The van der Waals surface area contributed by atoms with Crippen LogP contribution >= 0.6 is 11.6 Å². The maximum atomic E-state index is 12.7. The van der Waals surface area contributed by atoms with Crippen molar-refractivity contribution in [1.82, 2.24) is 14.9 Å². The van der Waals surface area contributed by atoms with Crippen LogP contribution < -0.4 is 10.6 Å². The van der Waals surface area contributed by atoms with E-state index in [0.29, 0.717) is 0 Å². The molecule has 11 heteroatoms. The van der Waals surface area contributed by atoms with Gasteiger partial charge in [-0.1, -0.05) is 25.4 Å². The highest BCUT2D eigenvalue weighted by atomic mass is 35.5. The van der Waals surface area contributed by atoms with Gasteiger partial charge in [0.05, 0.1) is 10.6 Å². The van der Waals surface area contributed by atoms with Gasteiger partial charge in [0.1, 0.15) is 4.90 Å². The summed E-state index contributed by atoms with van der Waals surface area (Å²) in [5.74, 6) is -1.75. The summed E-state index contributed by atoms with van der Waals surface area (Å²) < 4.78 is 31.5. The van der Waals surface area contributed by atoms with Crippen LogP contribution in [0.4, 0.5) is 4.79 Å². The van der Waals surface area contributed by atoms with Crippen molar-refractivity contribution in [3.8, 4) is 0 Å². The van der Waals surface area contributed by atoms with E-state index in [2.05, 4.69) is 5.32 Å².